The van der Waals surface area contributed by atoms with Crippen molar-refractivity contribution in [3.05, 3.63) is 38.2 Å². The van der Waals surface area contributed by atoms with Crippen molar-refractivity contribution in [1.82, 2.24) is 30.6 Å². The predicted molar refractivity (Wildman–Crippen MR) is 198 cm³/mol. The maximum atomic E-state index is 12.5. The highest BCUT2D eigenvalue weighted by Gasteiger charge is 2.38. The molecule has 12 nitrogen and oxygen atoms in total. The number of fused-ring (bicyclic) bond motifs is 2. The summed E-state index contributed by atoms with van der Waals surface area (Å²) in [6, 6.07) is -0.751. The average Bonchev–Trinajstić information content (AvgIpc) is 3.63. The van der Waals surface area contributed by atoms with Crippen molar-refractivity contribution in [3.63, 3.8) is 0 Å². The van der Waals surface area contributed by atoms with Crippen LogP contribution in [0.5, 0.6) is 0 Å². The van der Waals surface area contributed by atoms with Crippen molar-refractivity contribution in [1.29, 1.82) is 0 Å². The number of nitrogens with two attached hydrogens (primary N) is 1. The SMILES string of the molecule is CC(C)[C@@H](N)C(=O)NC(C)(C)C.CC(C)[C@@H](Nc1nc(Cl)nc2c1CCC2)C(=O)NC(C)(C)C.Clc1nc(Cl)c2c(n1)CCC2.O=C(O)C(F)(F)F. The lowest BCUT2D eigenvalue weighted by Gasteiger charge is -2.28. The van der Waals surface area contributed by atoms with E-state index >= 15 is 0 Å². The maximum absolute atomic E-state index is 12.5. The van der Waals surface area contributed by atoms with Crippen molar-refractivity contribution < 1.29 is 32.7 Å². The van der Waals surface area contributed by atoms with Crippen LogP contribution in [-0.4, -0.2) is 72.2 Å². The molecule has 0 radical (unpaired) electrons. The van der Waals surface area contributed by atoms with Crippen LogP contribution >= 0.6 is 34.8 Å². The third-order valence-electron chi connectivity index (χ3n) is 7.26. The topological polar surface area (TPSA) is 185 Å². The molecule has 0 fully saturated rings. The van der Waals surface area contributed by atoms with E-state index in [1.165, 1.54) is 0 Å². The molecule has 2 aliphatic carbocycles. The van der Waals surface area contributed by atoms with Gasteiger partial charge in [-0.15, -0.1) is 0 Å². The molecule has 0 spiro atoms. The Morgan fingerprint density at radius 1 is 0.712 bits per heavy atom. The van der Waals surface area contributed by atoms with E-state index in [1.807, 2.05) is 69.2 Å². The number of nitrogens with zero attached hydrogens (tertiary/aromatic N) is 4. The molecule has 2 aromatic rings. The lowest BCUT2D eigenvalue weighted by Crippen LogP contribution is -2.50. The van der Waals surface area contributed by atoms with E-state index in [0.29, 0.717) is 11.0 Å². The molecule has 2 amide bonds. The van der Waals surface area contributed by atoms with Gasteiger partial charge in [-0.2, -0.15) is 13.2 Å². The van der Waals surface area contributed by atoms with E-state index in [0.717, 1.165) is 61.0 Å². The summed E-state index contributed by atoms with van der Waals surface area (Å²) in [7, 11) is 0. The highest BCUT2D eigenvalue weighted by Crippen LogP contribution is 2.29. The summed E-state index contributed by atoms with van der Waals surface area (Å²) >= 11 is 17.5. The fourth-order valence-electron chi connectivity index (χ4n) is 4.77. The number of carbonyl (C=O) groups excluding carboxylic acids is 2. The van der Waals surface area contributed by atoms with Gasteiger partial charge >= 0.3 is 12.1 Å². The molecule has 0 aliphatic heterocycles. The van der Waals surface area contributed by atoms with Gasteiger partial charge in [-0.1, -0.05) is 39.3 Å². The second-order valence-electron chi connectivity index (χ2n) is 15.1. The molecule has 2 atom stereocenters. The van der Waals surface area contributed by atoms with Gasteiger partial charge in [0, 0.05) is 22.2 Å². The molecule has 2 aromatic heterocycles. The molecule has 0 saturated carbocycles. The number of aliphatic carboxylic acids is 1. The van der Waals surface area contributed by atoms with Gasteiger partial charge in [0.2, 0.25) is 22.4 Å². The molecule has 0 saturated heterocycles. The zero-order chi connectivity index (χ0) is 40.4. The van der Waals surface area contributed by atoms with Crippen LogP contribution in [-0.2, 0) is 40.1 Å². The molecule has 18 heteroatoms. The molecule has 294 valence electrons. The number of anilines is 1. The van der Waals surface area contributed by atoms with Crippen molar-refractivity contribution in [2.24, 2.45) is 17.6 Å². The van der Waals surface area contributed by atoms with Crippen LogP contribution in [0.4, 0.5) is 19.0 Å². The van der Waals surface area contributed by atoms with E-state index in [-0.39, 0.29) is 51.3 Å². The maximum Gasteiger partial charge on any atom is 0.490 e. The minimum absolute atomic E-state index is 0.0241. The molecule has 6 N–H and O–H groups in total. The molecule has 52 heavy (non-hydrogen) atoms. The summed E-state index contributed by atoms with van der Waals surface area (Å²) in [4.78, 5) is 49.3. The Hall–Kier alpha value is -3.01. The van der Waals surface area contributed by atoms with Crippen LogP contribution < -0.4 is 21.7 Å². The molecular formula is C34H52Cl3F3N8O4. The molecular weight excluding hydrogens is 748 g/mol. The van der Waals surface area contributed by atoms with Gasteiger partial charge in [0.15, 0.2) is 0 Å². The van der Waals surface area contributed by atoms with Crippen LogP contribution in [0.25, 0.3) is 0 Å². The Morgan fingerprint density at radius 2 is 1.13 bits per heavy atom. The van der Waals surface area contributed by atoms with Gasteiger partial charge in [-0.05, 0) is 115 Å². The third-order valence-corrected chi connectivity index (χ3v) is 7.91. The first-order valence-corrected chi connectivity index (χ1v) is 18.0. The van der Waals surface area contributed by atoms with E-state index in [9.17, 15) is 22.8 Å². The number of rotatable bonds is 6. The quantitative estimate of drug-likeness (QED) is 0.155. The van der Waals surface area contributed by atoms with Crippen LogP contribution in [0.15, 0.2) is 0 Å². The summed E-state index contributed by atoms with van der Waals surface area (Å²) in [6.45, 7) is 19.7. The first-order valence-electron chi connectivity index (χ1n) is 16.8. The van der Waals surface area contributed by atoms with Crippen LogP contribution in [0, 0.1) is 11.8 Å². The number of nitrogens with one attached hydrogen (secondary N) is 3. The molecule has 0 aromatic carbocycles. The first kappa shape index (κ1) is 47.0. The van der Waals surface area contributed by atoms with Gasteiger partial charge in [0.25, 0.3) is 0 Å². The number of hydrogen-bond acceptors (Lipinski definition) is 9. The van der Waals surface area contributed by atoms with Crippen LogP contribution in [0.2, 0.25) is 15.7 Å². The second-order valence-corrected chi connectivity index (χ2v) is 16.1. The fraction of sp³-hybridized carbons (Fsp3) is 0.676. The van der Waals surface area contributed by atoms with Crippen LogP contribution in [0.1, 0.15) is 105 Å². The lowest BCUT2D eigenvalue weighted by molar-refractivity contribution is -0.192. The number of aromatic nitrogens is 4. The highest BCUT2D eigenvalue weighted by atomic mass is 35.5. The number of halogens is 6. The molecule has 4 rings (SSSR count). The Labute approximate surface area is 319 Å². The second kappa shape index (κ2) is 19.9. The lowest BCUT2D eigenvalue weighted by atomic mass is 10.0. The number of carboxylic acids is 1. The van der Waals surface area contributed by atoms with Gasteiger partial charge in [-0.25, -0.2) is 24.7 Å². The summed E-state index contributed by atoms with van der Waals surface area (Å²) < 4.78 is 31.7. The number of carbonyl (C=O) groups is 3. The van der Waals surface area contributed by atoms with Crippen molar-refractivity contribution in [2.75, 3.05) is 5.32 Å². The molecule has 2 aliphatic rings. The van der Waals surface area contributed by atoms with E-state index in [1.54, 1.807) is 0 Å². The van der Waals surface area contributed by atoms with Crippen LogP contribution in [0.3, 0.4) is 0 Å². The van der Waals surface area contributed by atoms with E-state index in [4.69, 9.17) is 50.4 Å². The summed E-state index contributed by atoms with van der Waals surface area (Å²) in [5.74, 6) is -1.83. The summed E-state index contributed by atoms with van der Waals surface area (Å²) in [6.07, 6.45) is 0.916. The van der Waals surface area contributed by atoms with E-state index < -0.39 is 18.2 Å². The Kier molecular flexibility index (Phi) is 18.0. The molecule has 2 heterocycles. The zero-order valence-corrected chi connectivity index (χ0v) is 33.6. The minimum Gasteiger partial charge on any atom is -0.475 e. The first-order chi connectivity index (χ1) is 23.6. The molecule has 0 bridgehead atoms. The third kappa shape index (κ3) is 16.8. The largest absolute Gasteiger partial charge is 0.490 e. The molecule has 0 unspecified atom stereocenters. The number of amides is 2. The number of aryl methyl sites for hydroxylation is 2. The summed E-state index contributed by atoms with van der Waals surface area (Å²) in [5, 5.41) is 17.3. The Balaban J connectivity index is 0.000000382. The fourth-order valence-corrected chi connectivity index (χ4v) is 5.47. The predicted octanol–water partition coefficient (Wildman–Crippen LogP) is 6.76. The highest BCUT2D eigenvalue weighted by molar-refractivity contribution is 6.32. The monoisotopic (exact) mass is 798 g/mol. The smallest absolute Gasteiger partial charge is 0.475 e. The minimum atomic E-state index is -5.08. The van der Waals surface area contributed by atoms with Gasteiger partial charge < -0.3 is 26.8 Å². The number of hydrogen-bond donors (Lipinski definition) is 5. The van der Waals surface area contributed by atoms with Gasteiger partial charge in [0.05, 0.1) is 17.4 Å². The Bertz CT molecular complexity index is 1530. The Morgan fingerprint density at radius 3 is 1.56 bits per heavy atom. The van der Waals surface area contributed by atoms with Gasteiger partial charge in [0.1, 0.15) is 17.0 Å². The van der Waals surface area contributed by atoms with Gasteiger partial charge in [-0.3, -0.25) is 9.59 Å². The summed E-state index contributed by atoms with van der Waals surface area (Å²) in [5.41, 5.74) is 9.40. The van der Waals surface area contributed by atoms with E-state index in [2.05, 4.69) is 35.9 Å². The average molecular weight is 800 g/mol. The van der Waals surface area contributed by atoms with Crippen molar-refractivity contribution >= 4 is 58.4 Å². The van der Waals surface area contributed by atoms with Crippen molar-refractivity contribution in [2.45, 2.75) is 137 Å². The zero-order valence-electron chi connectivity index (χ0n) is 31.4. The normalized spacial score (nSPS) is 14.7. The van der Waals surface area contributed by atoms with Crippen molar-refractivity contribution in [3.8, 4) is 0 Å². The standard InChI is InChI=1S/C16H25ClN4O.C9H20N2O.C7H6Cl2N2.C2HF3O2/c1-9(2)12(14(22)21-16(3,4)5)19-13-10-7-6-8-11(10)18-15(17)20-13;1-6(2)7(10)8(12)11-9(3,4)5;8-6-4-2-1-3-5(4)10-7(9)11-6;3-2(4,5)1(6)7/h9,12H,6-8H2,1-5H3,(H,21,22)(H,18,19,20);6-7H,10H2,1-5H3,(H,11,12);1-3H2;(H,6,7)/t12-;7-;;/m11../s1. The number of alkyl halides is 3. The number of carboxylic acid groups (broad SMARTS) is 1.